The van der Waals surface area contributed by atoms with E-state index in [4.69, 9.17) is 4.74 Å². The minimum atomic E-state index is -1.07. The summed E-state index contributed by atoms with van der Waals surface area (Å²) < 4.78 is 6.46. The van der Waals surface area contributed by atoms with Crippen LogP contribution >= 0.6 is 0 Å². The number of rotatable bonds is 12. The van der Waals surface area contributed by atoms with Gasteiger partial charge < -0.3 is 20.7 Å². The van der Waals surface area contributed by atoms with E-state index in [1.54, 1.807) is 0 Å². The van der Waals surface area contributed by atoms with Crippen LogP contribution in [0.2, 0.25) is 0 Å². The molecule has 1 heterocycles. The molecule has 1 aromatic carbocycles. The van der Waals surface area contributed by atoms with Gasteiger partial charge in [-0.2, -0.15) is 10.4 Å². The van der Waals surface area contributed by atoms with Gasteiger partial charge in [0, 0.05) is 0 Å². The predicted molar refractivity (Wildman–Crippen MR) is 127 cm³/mol. The second-order valence-corrected chi connectivity index (χ2v) is 8.99. The number of nitrogens with zero attached hydrogens (tertiary/aromatic N) is 4. The van der Waals surface area contributed by atoms with E-state index < -0.39 is 36.2 Å². The Morgan fingerprint density at radius 1 is 0.971 bits per heavy atom. The average molecular weight is 484 g/mol. The zero-order valence-electron chi connectivity index (χ0n) is 20.5. The zero-order valence-corrected chi connectivity index (χ0v) is 20.5. The molecule has 0 aliphatic rings. The first-order valence-electron chi connectivity index (χ1n) is 11.5. The monoisotopic (exact) mass is 483 g/mol. The molecule has 188 valence electrons. The smallest absolute Gasteiger partial charge is 0.408 e. The largest absolute Gasteiger partial charge is 0.445 e. The van der Waals surface area contributed by atoms with Crippen LogP contribution in [0, 0.1) is 23.2 Å². The fourth-order valence-electron chi connectivity index (χ4n) is 3.33. The van der Waals surface area contributed by atoms with E-state index in [0.717, 1.165) is 5.56 Å². The average Bonchev–Trinajstić information content (AvgIpc) is 3.35. The molecular weight excluding hydrogens is 450 g/mol. The lowest BCUT2D eigenvalue weighted by Gasteiger charge is -2.25. The Morgan fingerprint density at radius 3 is 2.11 bits per heavy atom. The second-order valence-electron chi connectivity index (χ2n) is 8.99. The van der Waals surface area contributed by atoms with E-state index in [0.29, 0.717) is 12.8 Å². The van der Waals surface area contributed by atoms with Crippen LogP contribution < -0.4 is 16.0 Å². The van der Waals surface area contributed by atoms with Crippen molar-refractivity contribution in [3.8, 4) is 6.07 Å². The van der Waals surface area contributed by atoms with E-state index in [2.05, 4.69) is 26.0 Å². The highest BCUT2D eigenvalue weighted by Gasteiger charge is 2.29. The molecule has 11 nitrogen and oxygen atoms in total. The molecule has 0 saturated carbocycles. The quantitative estimate of drug-likeness (QED) is 0.419. The number of aromatic nitrogens is 3. The summed E-state index contributed by atoms with van der Waals surface area (Å²) in [7, 11) is 0. The number of carbonyl (C=O) groups is 3. The van der Waals surface area contributed by atoms with Crippen LogP contribution in [0.25, 0.3) is 0 Å². The number of nitriles is 1. The number of hydrogen-bond acceptors (Lipinski definition) is 7. The van der Waals surface area contributed by atoms with Gasteiger partial charge in [-0.05, 0) is 30.2 Å². The fourth-order valence-corrected chi connectivity index (χ4v) is 3.33. The molecule has 0 fully saturated rings. The normalized spacial score (nSPS) is 13.4. The molecule has 3 unspecified atom stereocenters. The van der Waals surface area contributed by atoms with Crippen molar-refractivity contribution in [3.05, 3.63) is 48.5 Å². The van der Waals surface area contributed by atoms with Crippen LogP contribution in [0.15, 0.2) is 43.0 Å². The predicted octanol–water partition coefficient (Wildman–Crippen LogP) is 2.29. The van der Waals surface area contributed by atoms with Gasteiger partial charge in [-0.3, -0.25) is 9.59 Å². The summed E-state index contributed by atoms with van der Waals surface area (Å²) in [6.07, 6.45) is 1.45. The molecule has 3 amide bonds. The number of carbonyl (C=O) groups excluding carboxylic acids is 3. The van der Waals surface area contributed by atoms with Gasteiger partial charge in [-0.15, -0.1) is 0 Å². The number of ether oxygens (including phenoxy) is 1. The lowest BCUT2D eigenvalue weighted by Crippen LogP contribution is -2.55. The first kappa shape index (κ1) is 27.3. The standard InChI is InChI=1S/C24H33N7O4/c1-16(2)10-19(23(33)30-21(12-25)31-15-26-14-27-31)28-22(32)20(11-17(3)4)29-24(34)35-13-18-8-6-5-7-9-18/h5-9,14-17,19-21H,10-11,13H2,1-4H3,(H,28,32)(H,29,34)(H,30,33). The summed E-state index contributed by atoms with van der Waals surface area (Å²) in [5, 5.41) is 21.2. The molecule has 0 saturated heterocycles. The third kappa shape index (κ3) is 9.44. The molecule has 3 N–H and O–H groups in total. The van der Waals surface area contributed by atoms with E-state index in [-0.39, 0.29) is 18.4 Å². The van der Waals surface area contributed by atoms with Crippen molar-refractivity contribution in [2.75, 3.05) is 0 Å². The Bertz CT molecular complexity index is 987. The molecular formula is C24H33N7O4. The highest BCUT2D eigenvalue weighted by Crippen LogP contribution is 2.11. The van der Waals surface area contributed by atoms with Crippen molar-refractivity contribution in [3.63, 3.8) is 0 Å². The number of alkyl carbamates (subject to hydrolysis) is 1. The molecule has 0 aliphatic heterocycles. The highest BCUT2D eigenvalue weighted by molar-refractivity contribution is 5.91. The van der Waals surface area contributed by atoms with Crippen molar-refractivity contribution < 1.29 is 19.1 Å². The van der Waals surface area contributed by atoms with E-state index in [9.17, 15) is 19.6 Å². The molecule has 35 heavy (non-hydrogen) atoms. The number of nitrogens with one attached hydrogen (secondary N) is 3. The highest BCUT2D eigenvalue weighted by atomic mass is 16.5. The lowest BCUT2D eigenvalue weighted by molar-refractivity contribution is -0.131. The van der Waals surface area contributed by atoms with Gasteiger partial charge >= 0.3 is 6.09 Å². The van der Waals surface area contributed by atoms with Crippen LogP contribution in [-0.2, 0) is 20.9 Å². The third-order valence-electron chi connectivity index (χ3n) is 4.97. The lowest BCUT2D eigenvalue weighted by atomic mass is 10.00. The van der Waals surface area contributed by atoms with Gasteiger partial charge in [-0.1, -0.05) is 58.0 Å². The van der Waals surface area contributed by atoms with E-state index >= 15 is 0 Å². The molecule has 2 aromatic rings. The van der Waals surface area contributed by atoms with Gasteiger partial charge in [0.15, 0.2) is 0 Å². The van der Waals surface area contributed by atoms with Crippen LogP contribution in [0.3, 0.4) is 0 Å². The van der Waals surface area contributed by atoms with Crippen molar-refractivity contribution in [1.82, 2.24) is 30.7 Å². The van der Waals surface area contributed by atoms with Crippen LogP contribution in [0.5, 0.6) is 0 Å². The van der Waals surface area contributed by atoms with Gasteiger partial charge in [0.2, 0.25) is 18.0 Å². The molecule has 1 aromatic heterocycles. The van der Waals surface area contributed by atoms with E-state index in [1.165, 1.54) is 17.3 Å². The maximum atomic E-state index is 13.1. The van der Waals surface area contributed by atoms with Gasteiger partial charge in [0.05, 0.1) is 0 Å². The summed E-state index contributed by atoms with van der Waals surface area (Å²) in [5.74, 6) is -0.882. The minimum absolute atomic E-state index is 0.0684. The summed E-state index contributed by atoms with van der Waals surface area (Å²) >= 11 is 0. The minimum Gasteiger partial charge on any atom is -0.445 e. The molecule has 0 spiro atoms. The van der Waals surface area contributed by atoms with Crippen molar-refractivity contribution in [2.24, 2.45) is 11.8 Å². The van der Waals surface area contributed by atoms with Crippen molar-refractivity contribution in [2.45, 2.75) is 65.4 Å². The molecule has 0 bridgehead atoms. The Hall–Kier alpha value is -3.94. The molecule has 3 atom stereocenters. The Kier molecular flexibility index (Phi) is 10.7. The maximum Gasteiger partial charge on any atom is 0.408 e. The molecule has 0 radical (unpaired) electrons. The van der Waals surface area contributed by atoms with Crippen LogP contribution in [0.1, 0.15) is 52.3 Å². The van der Waals surface area contributed by atoms with Gasteiger partial charge in [-0.25, -0.2) is 14.5 Å². The first-order valence-corrected chi connectivity index (χ1v) is 11.5. The molecule has 11 heteroatoms. The fraction of sp³-hybridized carbons (Fsp3) is 0.500. The first-order chi connectivity index (χ1) is 16.7. The number of hydrogen-bond donors (Lipinski definition) is 3. The summed E-state index contributed by atoms with van der Waals surface area (Å²) in [5.41, 5.74) is 0.820. The van der Waals surface area contributed by atoms with Crippen molar-refractivity contribution >= 4 is 17.9 Å². The Morgan fingerprint density at radius 2 is 1.57 bits per heavy atom. The maximum absolute atomic E-state index is 13.1. The Labute approximate surface area is 205 Å². The molecule has 2 rings (SSSR count). The van der Waals surface area contributed by atoms with Crippen LogP contribution in [-0.4, -0.2) is 44.8 Å². The Balaban J connectivity index is 2.05. The van der Waals surface area contributed by atoms with Crippen molar-refractivity contribution in [1.29, 1.82) is 5.26 Å². The van der Waals surface area contributed by atoms with E-state index in [1.807, 2.05) is 64.1 Å². The van der Waals surface area contributed by atoms with Gasteiger partial charge in [0.1, 0.15) is 37.4 Å². The molecule has 0 aliphatic carbocycles. The topological polar surface area (TPSA) is 151 Å². The number of benzene rings is 1. The van der Waals surface area contributed by atoms with Crippen LogP contribution in [0.4, 0.5) is 4.79 Å². The summed E-state index contributed by atoms with van der Waals surface area (Å²) in [6, 6.07) is 9.32. The zero-order chi connectivity index (χ0) is 25.8. The second kappa shape index (κ2) is 13.7. The summed E-state index contributed by atoms with van der Waals surface area (Å²) in [4.78, 5) is 42.2. The number of amides is 3. The SMILES string of the molecule is CC(C)CC(NC(=O)OCc1ccccc1)C(=O)NC(CC(C)C)C(=O)NC(C#N)n1cncn1. The van der Waals surface area contributed by atoms with Gasteiger partial charge in [0.25, 0.3) is 0 Å². The summed E-state index contributed by atoms with van der Waals surface area (Å²) in [6.45, 7) is 7.74. The third-order valence-corrected chi connectivity index (χ3v) is 4.97.